The van der Waals surface area contributed by atoms with Gasteiger partial charge in [-0.1, -0.05) is 0 Å². The summed E-state index contributed by atoms with van der Waals surface area (Å²) in [5, 5.41) is 3.39. The lowest BCUT2D eigenvalue weighted by Crippen LogP contribution is -2.49. The van der Waals surface area contributed by atoms with Gasteiger partial charge in [0.15, 0.2) is 0 Å². The van der Waals surface area contributed by atoms with E-state index in [1.807, 2.05) is 0 Å². The maximum absolute atomic E-state index is 11.6. The van der Waals surface area contributed by atoms with Crippen molar-refractivity contribution >= 4 is 5.91 Å². The zero-order valence-electron chi connectivity index (χ0n) is 9.67. The van der Waals surface area contributed by atoms with Crippen LogP contribution in [0.15, 0.2) is 0 Å². The van der Waals surface area contributed by atoms with Gasteiger partial charge in [-0.25, -0.2) is 0 Å². The van der Waals surface area contributed by atoms with E-state index in [-0.39, 0.29) is 5.91 Å². The van der Waals surface area contributed by atoms with Gasteiger partial charge in [0.05, 0.1) is 0 Å². The summed E-state index contributed by atoms with van der Waals surface area (Å²) >= 11 is 0. The average molecular weight is 210 g/mol. The molecule has 2 fully saturated rings. The summed E-state index contributed by atoms with van der Waals surface area (Å²) in [6.45, 7) is 4.98. The summed E-state index contributed by atoms with van der Waals surface area (Å²) in [7, 11) is 0. The first kappa shape index (κ1) is 10.9. The zero-order valence-corrected chi connectivity index (χ0v) is 9.67. The predicted molar refractivity (Wildman–Crippen MR) is 60.6 cm³/mol. The third kappa shape index (κ3) is 2.51. The minimum atomic E-state index is 0.276. The SMILES string of the molecule is CC(=O)N1CCCC[C@@H]1C1CCNCC1. The Morgan fingerprint density at radius 2 is 1.93 bits per heavy atom. The highest BCUT2D eigenvalue weighted by atomic mass is 16.2. The van der Waals surface area contributed by atoms with Crippen LogP contribution in [0.25, 0.3) is 0 Å². The predicted octanol–water partition coefficient (Wildman–Crippen LogP) is 1.39. The maximum Gasteiger partial charge on any atom is 0.219 e. The lowest BCUT2D eigenvalue weighted by atomic mass is 9.84. The molecule has 0 bridgehead atoms. The molecule has 0 aromatic carbocycles. The number of carbonyl (C=O) groups is 1. The van der Waals surface area contributed by atoms with E-state index in [0.717, 1.165) is 25.6 Å². The van der Waals surface area contributed by atoms with Gasteiger partial charge in [-0.3, -0.25) is 4.79 Å². The number of hydrogen-bond acceptors (Lipinski definition) is 2. The number of amides is 1. The normalized spacial score (nSPS) is 29.1. The van der Waals surface area contributed by atoms with E-state index in [2.05, 4.69) is 10.2 Å². The molecule has 1 atom stereocenters. The van der Waals surface area contributed by atoms with Crippen molar-refractivity contribution in [2.45, 2.75) is 45.1 Å². The third-order valence-electron chi connectivity index (χ3n) is 3.88. The van der Waals surface area contributed by atoms with Crippen LogP contribution in [0.5, 0.6) is 0 Å². The minimum absolute atomic E-state index is 0.276. The highest BCUT2D eigenvalue weighted by molar-refractivity contribution is 5.73. The molecule has 3 heteroatoms. The van der Waals surface area contributed by atoms with E-state index in [0.29, 0.717) is 6.04 Å². The van der Waals surface area contributed by atoms with Crippen molar-refractivity contribution in [3.8, 4) is 0 Å². The summed E-state index contributed by atoms with van der Waals surface area (Å²) in [6.07, 6.45) is 6.21. The van der Waals surface area contributed by atoms with E-state index >= 15 is 0 Å². The standard InChI is InChI=1S/C12H22N2O/c1-10(15)14-9-3-2-4-12(14)11-5-7-13-8-6-11/h11-13H,2-9H2,1H3/t12-/m1/s1. The fraction of sp³-hybridized carbons (Fsp3) is 0.917. The molecule has 2 rings (SSSR count). The number of hydrogen-bond donors (Lipinski definition) is 1. The van der Waals surface area contributed by atoms with E-state index in [1.54, 1.807) is 6.92 Å². The number of rotatable bonds is 1. The first-order chi connectivity index (χ1) is 7.29. The monoisotopic (exact) mass is 210 g/mol. The average Bonchev–Trinajstić information content (AvgIpc) is 2.30. The Balaban J connectivity index is 1.99. The van der Waals surface area contributed by atoms with Crippen molar-refractivity contribution < 1.29 is 4.79 Å². The molecule has 15 heavy (non-hydrogen) atoms. The molecule has 2 heterocycles. The quantitative estimate of drug-likeness (QED) is 0.709. The number of nitrogens with zero attached hydrogens (tertiary/aromatic N) is 1. The van der Waals surface area contributed by atoms with Crippen LogP contribution in [0.2, 0.25) is 0 Å². The van der Waals surface area contributed by atoms with Gasteiger partial charge in [-0.2, -0.15) is 0 Å². The van der Waals surface area contributed by atoms with Gasteiger partial charge < -0.3 is 10.2 Å². The molecule has 0 aromatic rings. The fourth-order valence-corrected chi connectivity index (χ4v) is 3.07. The van der Waals surface area contributed by atoms with Crippen molar-refractivity contribution in [1.82, 2.24) is 10.2 Å². The van der Waals surface area contributed by atoms with Crippen LogP contribution in [0.4, 0.5) is 0 Å². The number of likely N-dealkylation sites (tertiary alicyclic amines) is 1. The van der Waals surface area contributed by atoms with Crippen molar-refractivity contribution in [3.05, 3.63) is 0 Å². The van der Waals surface area contributed by atoms with Gasteiger partial charge in [0, 0.05) is 19.5 Å². The minimum Gasteiger partial charge on any atom is -0.340 e. The molecule has 0 spiro atoms. The van der Waals surface area contributed by atoms with Gasteiger partial charge in [0.1, 0.15) is 0 Å². The number of carbonyl (C=O) groups excluding carboxylic acids is 1. The molecule has 0 radical (unpaired) electrons. The van der Waals surface area contributed by atoms with Crippen LogP contribution < -0.4 is 5.32 Å². The number of piperidine rings is 2. The largest absolute Gasteiger partial charge is 0.340 e. The molecular weight excluding hydrogens is 188 g/mol. The second kappa shape index (κ2) is 4.97. The van der Waals surface area contributed by atoms with Crippen LogP contribution in [-0.4, -0.2) is 36.5 Å². The first-order valence-corrected chi connectivity index (χ1v) is 6.27. The van der Waals surface area contributed by atoms with Crippen LogP contribution in [0.1, 0.15) is 39.0 Å². The van der Waals surface area contributed by atoms with E-state index in [4.69, 9.17) is 0 Å². The molecule has 3 nitrogen and oxygen atoms in total. The summed E-state index contributed by atoms with van der Waals surface area (Å²) in [6, 6.07) is 0.540. The van der Waals surface area contributed by atoms with E-state index in [1.165, 1.54) is 32.1 Å². The Bertz CT molecular complexity index is 224. The third-order valence-corrected chi connectivity index (χ3v) is 3.88. The topological polar surface area (TPSA) is 32.3 Å². The molecule has 1 N–H and O–H groups in total. The van der Waals surface area contributed by atoms with E-state index < -0.39 is 0 Å². The molecular formula is C12H22N2O. The summed E-state index contributed by atoms with van der Waals surface area (Å²) in [5.41, 5.74) is 0. The van der Waals surface area contributed by atoms with Crippen molar-refractivity contribution in [3.63, 3.8) is 0 Å². The second-order valence-corrected chi connectivity index (χ2v) is 4.86. The molecule has 2 aliphatic heterocycles. The Labute approximate surface area is 92.2 Å². The number of nitrogens with one attached hydrogen (secondary N) is 1. The Morgan fingerprint density at radius 3 is 2.60 bits per heavy atom. The first-order valence-electron chi connectivity index (χ1n) is 6.27. The lowest BCUT2D eigenvalue weighted by molar-refractivity contribution is -0.134. The smallest absolute Gasteiger partial charge is 0.219 e. The molecule has 0 saturated carbocycles. The highest BCUT2D eigenvalue weighted by Gasteiger charge is 2.31. The van der Waals surface area contributed by atoms with Crippen LogP contribution in [0, 0.1) is 5.92 Å². The Kier molecular flexibility index (Phi) is 3.62. The summed E-state index contributed by atoms with van der Waals surface area (Å²) in [4.78, 5) is 13.7. The molecule has 1 amide bonds. The van der Waals surface area contributed by atoms with Crippen molar-refractivity contribution in [1.29, 1.82) is 0 Å². The van der Waals surface area contributed by atoms with Crippen LogP contribution >= 0.6 is 0 Å². The second-order valence-electron chi connectivity index (χ2n) is 4.86. The van der Waals surface area contributed by atoms with Gasteiger partial charge in [0.2, 0.25) is 5.91 Å². The molecule has 2 aliphatic rings. The Hall–Kier alpha value is -0.570. The van der Waals surface area contributed by atoms with Crippen LogP contribution in [0.3, 0.4) is 0 Å². The Morgan fingerprint density at radius 1 is 1.20 bits per heavy atom. The molecule has 2 saturated heterocycles. The van der Waals surface area contributed by atoms with Gasteiger partial charge in [-0.15, -0.1) is 0 Å². The highest BCUT2D eigenvalue weighted by Crippen LogP contribution is 2.28. The van der Waals surface area contributed by atoms with Gasteiger partial charge >= 0.3 is 0 Å². The molecule has 86 valence electrons. The van der Waals surface area contributed by atoms with Gasteiger partial charge in [-0.05, 0) is 51.1 Å². The molecule has 0 aromatic heterocycles. The van der Waals surface area contributed by atoms with Crippen LogP contribution in [-0.2, 0) is 4.79 Å². The molecule has 0 unspecified atom stereocenters. The summed E-state index contributed by atoms with van der Waals surface area (Å²) in [5.74, 6) is 1.02. The zero-order chi connectivity index (χ0) is 10.7. The van der Waals surface area contributed by atoms with Gasteiger partial charge in [0.25, 0.3) is 0 Å². The summed E-state index contributed by atoms with van der Waals surface area (Å²) < 4.78 is 0. The lowest BCUT2D eigenvalue weighted by Gasteiger charge is -2.41. The molecule has 0 aliphatic carbocycles. The van der Waals surface area contributed by atoms with E-state index in [9.17, 15) is 4.79 Å². The maximum atomic E-state index is 11.6. The van der Waals surface area contributed by atoms with Crippen molar-refractivity contribution in [2.75, 3.05) is 19.6 Å². The van der Waals surface area contributed by atoms with Crippen molar-refractivity contribution in [2.24, 2.45) is 5.92 Å². The fourth-order valence-electron chi connectivity index (χ4n) is 3.07.